The summed E-state index contributed by atoms with van der Waals surface area (Å²) in [6.07, 6.45) is 1.66. The molecule has 0 spiro atoms. The van der Waals surface area contributed by atoms with Crippen molar-refractivity contribution < 1.29 is 9.47 Å². The van der Waals surface area contributed by atoms with Crippen molar-refractivity contribution in [3.63, 3.8) is 0 Å². The van der Waals surface area contributed by atoms with Crippen molar-refractivity contribution in [1.29, 1.82) is 0 Å². The molecule has 0 aliphatic carbocycles. The van der Waals surface area contributed by atoms with Gasteiger partial charge in [-0.3, -0.25) is 0 Å². The van der Waals surface area contributed by atoms with Crippen LogP contribution in [0.2, 0.25) is 0 Å². The summed E-state index contributed by atoms with van der Waals surface area (Å²) in [5.74, 6) is 0. The van der Waals surface area contributed by atoms with E-state index in [0.717, 1.165) is 21.0 Å². The highest BCUT2D eigenvalue weighted by atomic mass is 32.1. The Balaban J connectivity index is 2.33. The average molecular weight is 296 g/mol. The fraction of sp³-hybridized carbons (Fsp3) is 0.538. The predicted octanol–water partition coefficient (Wildman–Crippen LogP) is 1.68. The van der Waals surface area contributed by atoms with Gasteiger partial charge in [-0.15, -0.1) is 0 Å². The van der Waals surface area contributed by atoms with Gasteiger partial charge in [0.15, 0.2) is 0 Å². The molecule has 0 aliphatic rings. The van der Waals surface area contributed by atoms with Crippen LogP contribution in [0.1, 0.15) is 5.01 Å². The van der Waals surface area contributed by atoms with Gasteiger partial charge in [-0.25, -0.2) is 9.97 Å². The van der Waals surface area contributed by atoms with Crippen LogP contribution in [-0.4, -0.2) is 50.5 Å². The second-order valence-electron chi connectivity index (χ2n) is 4.64. The Kier molecular flexibility index (Phi) is 4.74. The van der Waals surface area contributed by atoms with Crippen LogP contribution in [0.25, 0.3) is 10.3 Å². The largest absolute Gasteiger partial charge is 0.396 e. The van der Waals surface area contributed by atoms with Crippen molar-refractivity contribution >= 4 is 33.1 Å². The number of nitrogens with zero attached hydrogens (tertiary/aromatic N) is 3. The molecule has 0 radical (unpaired) electrons. The minimum atomic E-state index is -0.0210. The molecule has 0 bridgehead atoms. The normalized spacial score (nSPS) is 12.8. The standard InChI is InChI=1S/C13H20N4O2S/c1-8-16-11-12(10(14)5-15-13(11)20-8)17(2)6-9(19-4)7-18-3/h5,9H,6-7,14H2,1-4H3. The van der Waals surface area contributed by atoms with Gasteiger partial charge in [0, 0.05) is 27.8 Å². The van der Waals surface area contributed by atoms with E-state index in [1.807, 2.05) is 18.9 Å². The number of anilines is 2. The van der Waals surface area contributed by atoms with E-state index in [1.54, 1.807) is 31.8 Å². The first-order valence-corrected chi connectivity index (χ1v) is 7.13. The number of aryl methyl sites for hydroxylation is 1. The fourth-order valence-electron chi connectivity index (χ4n) is 2.16. The lowest BCUT2D eigenvalue weighted by atomic mass is 10.2. The Morgan fingerprint density at radius 1 is 1.45 bits per heavy atom. The molecule has 1 unspecified atom stereocenters. The van der Waals surface area contributed by atoms with Gasteiger partial charge in [0.05, 0.1) is 35.3 Å². The third kappa shape index (κ3) is 3.00. The number of nitrogen functional groups attached to an aromatic ring is 1. The molecule has 1 atom stereocenters. The number of aromatic nitrogens is 2. The smallest absolute Gasteiger partial charge is 0.145 e. The van der Waals surface area contributed by atoms with Gasteiger partial charge in [-0.1, -0.05) is 11.3 Å². The summed E-state index contributed by atoms with van der Waals surface area (Å²) in [6.45, 7) is 3.17. The zero-order chi connectivity index (χ0) is 14.7. The molecule has 0 aliphatic heterocycles. The number of ether oxygens (including phenoxy) is 2. The molecule has 2 rings (SSSR count). The number of rotatable bonds is 6. The molecule has 20 heavy (non-hydrogen) atoms. The van der Waals surface area contributed by atoms with Crippen LogP contribution in [-0.2, 0) is 9.47 Å². The molecular formula is C13H20N4O2S. The monoisotopic (exact) mass is 296 g/mol. The van der Waals surface area contributed by atoms with Crippen molar-refractivity contribution in [2.45, 2.75) is 13.0 Å². The lowest BCUT2D eigenvalue weighted by Gasteiger charge is -2.25. The minimum Gasteiger partial charge on any atom is -0.396 e. The summed E-state index contributed by atoms with van der Waals surface area (Å²) in [6, 6.07) is 0. The average Bonchev–Trinajstić information content (AvgIpc) is 2.78. The molecule has 2 aromatic rings. The highest BCUT2D eigenvalue weighted by Crippen LogP contribution is 2.33. The maximum Gasteiger partial charge on any atom is 0.145 e. The van der Waals surface area contributed by atoms with Crippen LogP contribution in [0, 0.1) is 6.92 Å². The van der Waals surface area contributed by atoms with Crippen molar-refractivity contribution in [2.24, 2.45) is 0 Å². The van der Waals surface area contributed by atoms with Crippen LogP contribution in [0.4, 0.5) is 11.4 Å². The molecule has 7 heteroatoms. The number of nitrogens with two attached hydrogens (primary N) is 1. The Morgan fingerprint density at radius 2 is 2.20 bits per heavy atom. The number of hydrogen-bond acceptors (Lipinski definition) is 7. The van der Waals surface area contributed by atoms with E-state index in [-0.39, 0.29) is 6.10 Å². The van der Waals surface area contributed by atoms with Gasteiger partial charge in [0.2, 0.25) is 0 Å². The Bertz CT molecular complexity index is 587. The van der Waals surface area contributed by atoms with E-state index in [2.05, 4.69) is 9.97 Å². The van der Waals surface area contributed by atoms with E-state index in [1.165, 1.54) is 0 Å². The first kappa shape index (κ1) is 15.0. The lowest BCUT2D eigenvalue weighted by Crippen LogP contribution is -2.34. The molecule has 0 aromatic carbocycles. The van der Waals surface area contributed by atoms with Gasteiger partial charge in [0.1, 0.15) is 10.3 Å². The Hall–Kier alpha value is -1.44. The zero-order valence-corrected chi connectivity index (χ0v) is 13.0. The molecule has 6 nitrogen and oxygen atoms in total. The number of thiazole rings is 1. The van der Waals surface area contributed by atoms with Crippen molar-refractivity contribution in [3.05, 3.63) is 11.2 Å². The first-order valence-electron chi connectivity index (χ1n) is 6.31. The van der Waals surface area contributed by atoms with E-state index in [9.17, 15) is 0 Å². The van der Waals surface area contributed by atoms with Crippen LogP contribution in [0.5, 0.6) is 0 Å². The molecule has 2 heterocycles. The predicted molar refractivity (Wildman–Crippen MR) is 82.5 cm³/mol. The van der Waals surface area contributed by atoms with Crippen molar-refractivity contribution in [3.8, 4) is 0 Å². The van der Waals surface area contributed by atoms with Gasteiger partial charge >= 0.3 is 0 Å². The van der Waals surface area contributed by atoms with Gasteiger partial charge in [0.25, 0.3) is 0 Å². The molecule has 0 saturated carbocycles. The number of likely N-dealkylation sites (N-methyl/N-ethyl adjacent to an activating group) is 1. The van der Waals surface area contributed by atoms with Gasteiger partial charge in [-0.05, 0) is 6.92 Å². The quantitative estimate of drug-likeness (QED) is 0.874. The first-order chi connectivity index (χ1) is 9.56. The molecule has 0 saturated heterocycles. The van der Waals surface area contributed by atoms with Crippen molar-refractivity contribution in [1.82, 2.24) is 9.97 Å². The Labute approximate surface area is 122 Å². The third-order valence-electron chi connectivity index (χ3n) is 3.08. The molecule has 0 fully saturated rings. The number of hydrogen-bond donors (Lipinski definition) is 1. The maximum absolute atomic E-state index is 6.08. The number of pyridine rings is 1. The highest BCUT2D eigenvalue weighted by molar-refractivity contribution is 7.18. The fourth-order valence-corrected chi connectivity index (χ4v) is 2.92. The van der Waals surface area contributed by atoms with Crippen LogP contribution < -0.4 is 10.6 Å². The zero-order valence-electron chi connectivity index (χ0n) is 12.2. The van der Waals surface area contributed by atoms with Crippen LogP contribution >= 0.6 is 11.3 Å². The Morgan fingerprint density at radius 3 is 2.85 bits per heavy atom. The van der Waals surface area contributed by atoms with E-state index in [4.69, 9.17) is 15.2 Å². The number of fused-ring (bicyclic) bond motifs is 1. The molecule has 110 valence electrons. The van der Waals surface area contributed by atoms with E-state index in [0.29, 0.717) is 18.8 Å². The summed E-state index contributed by atoms with van der Waals surface area (Å²) >= 11 is 1.57. The third-order valence-corrected chi connectivity index (χ3v) is 3.96. The summed E-state index contributed by atoms with van der Waals surface area (Å²) < 4.78 is 10.5. The summed E-state index contributed by atoms with van der Waals surface area (Å²) in [7, 11) is 5.31. The molecular weight excluding hydrogens is 276 g/mol. The van der Waals surface area contributed by atoms with Crippen LogP contribution in [0.15, 0.2) is 6.20 Å². The van der Waals surface area contributed by atoms with Crippen LogP contribution in [0.3, 0.4) is 0 Å². The van der Waals surface area contributed by atoms with Crippen molar-refractivity contribution in [2.75, 3.05) is 45.1 Å². The molecule has 2 aromatic heterocycles. The second-order valence-corrected chi connectivity index (χ2v) is 5.82. The molecule has 0 amide bonds. The SMILES string of the molecule is COCC(CN(C)c1c(N)cnc2sc(C)nc12)OC. The van der Waals surface area contributed by atoms with E-state index < -0.39 is 0 Å². The van der Waals surface area contributed by atoms with E-state index >= 15 is 0 Å². The maximum atomic E-state index is 6.08. The number of methoxy groups -OCH3 is 2. The summed E-state index contributed by atoms with van der Waals surface area (Å²) in [4.78, 5) is 11.8. The lowest BCUT2D eigenvalue weighted by molar-refractivity contribution is 0.0335. The minimum absolute atomic E-state index is 0.0210. The summed E-state index contributed by atoms with van der Waals surface area (Å²) in [5.41, 5.74) is 8.45. The summed E-state index contributed by atoms with van der Waals surface area (Å²) in [5, 5.41) is 0.980. The topological polar surface area (TPSA) is 73.5 Å². The van der Waals surface area contributed by atoms with Gasteiger partial charge in [-0.2, -0.15) is 0 Å². The molecule has 2 N–H and O–H groups in total. The second kappa shape index (κ2) is 6.34. The van der Waals surface area contributed by atoms with Gasteiger partial charge < -0.3 is 20.1 Å². The highest BCUT2D eigenvalue weighted by Gasteiger charge is 2.18.